The molecule has 1 aromatic carbocycles. The zero-order valence-electron chi connectivity index (χ0n) is 18.0. The lowest BCUT2D eigenvalue weighted by atomic mass is 10.1. The van der Waals surface area contributed by atoms with Crippen molar-refractivity contribution in [2.24, 2.45) is 12.0 Å². The topological polar surface area (TPSA) is 93.2 Å². The molecule has 2 N–H and O–H groups in total. The van der Waals surface area contributed by atoms with E-state index in [0.29, 0.717) is 25.6 Å². The first-order valence-electron chi connectivity index (χ1n) is 9.99. The van der Waals surface area contributed by atoms with E-state index in [0.717, 1.165) is 47.1 Å². The molecule has 0 aliphatic carbocycles. The Labute approximate surface area is 194 Å². The van der Waals surface area contributed by atoms with E-state index in [1.165, 1.54) is 0 Å². The quantitative estimate of drug-likeness (QED) is 0.268. The lowest BCUT2D eigenvalue weighted by Crippen LogP contribution is -2.37. The van der Waals surface area contributed by atoms with Crippen LogP contribution < -0.4 is 10.6 Å². The molecular formula is C21H30IN7O. The Morgan fingerprint density at radius 2 is 1.80 bits per heavy atom. The van der Waals surface area contributed by atoms with Crippen LogP contribution in [0.1, 0.15) is 48.1 Å². The maximum absolute atomic E-state index is 5.47. The van der Waals surface area contributed by atoms with Crippen molar-refractivity contribution >= 4 is 29.9 Å². The van der Waals surface area contributed by atoms with Crippen LogP contribution >= 0.6 is 24.0 Å². The Morgan fingerprint density at radius 1 is 1.07 bits per heavy atom. The second-order valence-corrected chi connectivity index (χ2v) is 6.82. The Bertz CT molecular complexity index is 928. The molecular weight excluding hydrogens is 493 g/mol. The van der Waals surface area contributed by atoms with Crippen molar-refractivity contribution in [3.05, 3.63) is 64.6 Å². The molecule has 0 amide bonds. The summed E-state index contributed by atoms with van der Waals surface area (Å²) in [7, 11) is 1.96. The zero-order valence-corrected chi connectivity index (χ0v) is 20.3. The Kier molecular flexibility index (Phi) is 9.28. The number of aliphatic imine (C=N–C) groups is 1. The average molecular weight is 523 g/mol. The van der Waals surface area contributed by atoms with Crippen molar-refractivity contribution in [2.45, 2.75) is 53.2 Å². The van der Waals surface area contributed by atoms with Crippen LogP contribution in [0.15, 0.2) is 39.8 Å². The summed E-state index contributed by atoms with van der Waals surface area (Å²) in [5.41, 5.74) is 3.25. The number of hydrogen-bond acceptors (Lipinski definition) is 5. The van der Waals surface area contributed by atoms with Crippen molar-refractivity contribution < 1.29 is 4.52 Å². The molecule has 0 atom stereocenters. The number of benzene rings is 1. The van der Waals surface area contributed by atoms with Crippen molar-refractivity contribution in [3.8, 4) is 0 Å². The molecule has 0 fully saturated rings. The van der Waals surface area contributed by atoms with Crippen molar-refractivity contribution in [2.75, 3.05) is 0 Å². The van der Waals surface area contributed by atoms with Gasteiger partial charge in [0.2, 0.25) is 0 Å². The van der Waals surface area contributed by atoms with E-state index in [1.54, 1.807) is 0 Å². The van der Waals surface area contributed by atoms with Gasteiger partial charge in [-0.25, -0.2) is 4.99 Å². The standard InChI is InChI=1S/C21H29N7O.HI/c1-5-18-17(19(6-2)29-27-18)13-23-21(22-12-16-10-8-7-9-11-16)24-14-20-26-25-15(3)28(20)4;/h7-11H,5-6,12-14H2,1-4H3,(H2,22,23,24);1H. The molecule has 2 heterocycles. The number of halogens is 1. The molecule has 9 heteroatoms. The molecule has 162 valence electrons. The van der Waals surface area contributed by atoms with E-state index in [-0.39, 0.29) is 24.0 Å². The van der Waals surface area contributed by atoms with E-state index in [1.807, 2.05) is 36.7 Å². The molecule has 0 spiro atoms. The summed E-state index contributed by atoms with van der Waals surface area (Å²) in [6.45, 7) is 7.81. The third kappa shape index (κ3) is 6.04. The van der Waals surface area contributed by atoms with Gasteiger partial charge in [0.05, 0.1) is 18.8 Å². The Hall–Kier alpha value is -2.43. The second kappa shape index (κ2) is 11.7. The number of guanidine groups is 1. The maximum Gasteiger partial charge on any atom is 0.192 e. The lowest BCUT2D eigenvalue weighted by molar-refractivity contribution is 0.380. The summed E-state index contributed by atoms with van der Waals surface area (Å²) >= 11 is 0. The van der Waals surface area contributed by atoms with Gasteiger partial charge in [0.15, 0.2) is 11.8 Å². The first-order valence-corrected chi connectivity index (χ1v) is 9.99. The molecule has 8 nitrogen and oxygen atoms in total. The van der Waals surface area contributed by atoms with Crippen LogP contribution in [-0.4, -0.2) is 25.9 Å². The molecule has 0 unspecified atom stereocenters. The van der Waals surface area contributed by atoms with Crippen LogP contribution in [0.4, 0.5) is 0 Å². The number of aromatic nitrogens is 4. The maximum atomic E-state index is 5.47. The second-order valence-electron chi connectivity index (χ2n) is 6.82. The molecule has 3 aromatic rings. The molecule has 30 heavy (non-hydrogen) atoms. The minimum atomic E-state index is 0. The molecule has 0 radical (unpaired) electrons. The smallest absolute Gasteiger partial charge is 0.192 e. The molecule has 0 aliphatic rings. The lowest BCUT2D eigenvalue weighted by Gasteiger charge is -2.13. The molecule has 2 aromatic heterocycles. The molecule has 0 saturated carbocycles. The van der Waals surface area contributed by atoms with E-state index in [9.17, 15) is 0 Å². The summed E-state index contributed by atoms with van der Waals surface area (Å²) < 4.78 is 7.44. The third-order valence-electron chi connectivity index (χ3n) is 4.90. The monoisotopic (exact) mass is 523 g/mol. The minimum absolute atomic E-state index is 0. The van der Waals surface area contributed by atoms with Gasteiger partial charge in [-0.05, 0) is 18.9 Å². The predicted molar refractivity (Wildman–Crippen MR) is 128 cm³/mol. The normalized spacial score (nSPS) is 11.3. The van der Waals surface area contributed by atoms with Gasteiger partial charge in [0.25, 0.3) is 0 Å². The first-order chi connectivity index (χ1) is 14.1. The zero-order chi connectivity index (χ0) is 20.6. The van der Waals surface area contributed by atoms with Crippen LogP contribution in [0.5, 0.6) is 0 Å². The minimum Gasteiger partial charge on any atom is -0.361 e. The molecule has 0 aliphatic heterocycles. The van der Waals surface area contributed by atoms with E-state index in [2.05, 4.69) is 52.0 Å². The van der Waals surface area contributed by atoms with E-state index >= 15 is 0 Å². The molecule has 0 saturated heterocycles. The molecule has 3 rings (SSSR count). The van der Waals surface area contributed by atoms with Crippen LogP contribution in [0.2, 0.25) is 0 Å². The van der Waals surface area contributed by atoms with Gasteiger partial charge in [-0.1, -0.05) is 49.3 Å². The molecule has 0 bridgehead atoms. The predicted octanol–water partition coefficient (Wildman–Crippen LogP) is 3.29. The van der Waals surface area contributed by atoms with E-state index < -0.39 is 0 Å². The van der Waals surface area contributed by atoms with Crippen LogP contribution in [0.25, 0.3) is 0 Å². The SMILES string of the molecule is CCc1noc(CC)c1CNC(=NCc1ccccc1)NCc1nnc(C)n1C.I. The number of nitrogens with zero attached hydrogens (tertiary/aromatic N) is 5. The highest BCUT2D eigenvalue weighted by Gasteiger charge is 2.14. The fraction of sp³-hybridized carbons (Fsp3) is 0.429. The van der Waals surface area contributed by atoms with Crippen molar-refractivity contribution in [1.29, 1.82) is 0 Å². The van der Waals surface area contributed by atoms with Gasteiger partial charge in [-0.15, -0.1) is 34.2 Å². The number of rotatable bonds is 8. The first kappa shape index (κ1) is 23.8. The van der Waals surface area contributed by atoms with Crippen LogP contribution in [-0.2, 0) is 39.5 Å². The summed E-state index contributed by atoms with van der Waals surface area (Å²) in [5.74, 6) is 3.35. The highest BCUT2D eigenvalue weighted by atomic mass is 127. The van der Waals surface area contributed by atoms with Gasteiger partial charge >= 0.3 is 0 Å². The number of nitrogens with one attached hydrogen (secondary N) is 2. The third-order valence-corrected chi connectivity index (χ3v) is 4.90. The summed E-state index contributed by atoms with van der Waals surface area (Å²) in [6.07, 6.45) is 1.65. The summed E-state index contributed by atoms with van der Waals surface area (Å²) in [4.78, 5) is 4.74. The largest absolute Gasteiger partial charge is 0.361 e. The van der Waals surface area contributed by atoms with Gasteiger partial charge in [0, 0.05) is 25.6 Å². The van der Waals surface area contributed by atoms with Crippen LogP contribution in [0, 0.1) is 6.92 Å². The highest BCUT2D eigenvalue weighted by molar-refractivity contribution is 14.0. The van der Waals surface area contributed by atoms with Gasteiger partial charge in [0.1, 0.15) is 11.6 Å². The van der Waals surface area contributed by atoms with Crippen molar-refractivity contribution in [3.63, 3.8) is 0 Å². The fourth-order valence-electron chi connectivity index (χ4n) is 3.01. The van der Waals surface area contributed by atoms with E-state index in [4.69, 9.17) is 9.52 Å². The highest BCUT2D eigenvalue weighted by Crippen LogP contribution is 2.15. The fourth-order valence-corrected chi connectivity index (χ4v) is 3.01. The van der Waals surface area contributed by atoms with Gasteiger partial charge in [-0.2, -0.15) is 0 Å². The van der Waals surface area contributed by atoms with Crippen molar-refractivity contribution in [1.82, 2.24) is 30.6 Å². The summed E-state index contributed by atoms with van der Waals surface area (Å²) in [5, 5.41) is 19.3. The van der Waals surface area contributed by atoms with Gasteiger partial charge in [-0.3, -0.25) is 0 Å². The Morgan fingerprint density at radius 3 is 2.43 bits per heavy atom. The van der Waals surface area contributed by atoms with Crippen LogP contribution in [0.3, 0.4) is 0 Å². The number of aryl methyl sites for hydroxylation is 3. The average Bonchev–Trinajstić information content (AvgIpc) is 3.30. The summed E-state index contributed by atoms with van der Waals surface area (Å²) in [6, 6.07) is 10.2. The Balaban J connectivity index is 0.00000320. The number of hydrogen-bond donors (Lipinski definition) is 2. The van der Waals surface area contributed by atoms with Gasteiger partial charge < -0.3 is 19.7 Å².